The number of hydrogen-bond donors (Lipinski definition) is 2. The molecule has 0 aliphatic rings. The largest absolute Gasteiger partial charge is 0.271 e. The summed E-state index contributed by atoms with van der Waals surface area (Å²) in [6, 6.07) is 4.70. The second kappa shape index (κ2) is 6.87. The molecule has 0 radical (unpaired) electrons. The van der Waals surface area contributed by atoms with E-state index in [1.807, 2.05) is 20.0 Å². The number of benzene rings is 1. The molecule has 0 aliphatic heterocycles. The van der Waals surface area contributed by atoms with Crippen molar-refractivity contribution in [2.75, 3.05) is 0 Å². The van der Waals surface area contributed by atoms with E-state index in [-0.39, 0.29) is 11.9 Å². The molecule has 1 aromatic heterocycles. The van der Waals surface area contributed by atoms with Gasteiger partial charge in [0.15, 0.2) is 0 Å². The number of nitrogens with two attached hydrogens (primary N) is 1. The smallest absolute Gasteiger partial charge is 0.137 e. The Morgan fingerprint density at radius 3 is 2.76 bits per heavy atom. The molecule has 21 heavy (non-hydrogen) atoms. The van der Waals surface area contributed by atoms with Crippen molar-refractivity contribution >= 4 is 27.5 Å². The first-order valence-electron chi connectivity index (χ1n) is 6.59. The van der Waals surface area contributed by atoms with Gasteiger partial charge in [-0.25, -0.2) is 4.39 Å². The van der Waals surface area contributed by atoms with Crippen LogP contribution in [-0.4, -0.2) is 9.78 Å². The lowest BCUT2D eigenvalue weighted by Gasteiger charge is -2.17. The van der Waals surface area contributed by atoms with Gasteiger partial charge in [-0.2, -0.15) is 5.10 Å². The van der Waals surface area contributed by atoms with Crippen LogP contribution in [0.15, 0.2) is 22.7 Å². The molecule has 2 aromatic rings. The number of halogens is 3. The van der Waals surface area contributed by atoms with E-state index in [1.165, 1.54) is 6.07 Å². The van der Waals surface area contributed by atoms with Crippen LogP contribution in [0.5, 0.6) is 0 Å². The molecule has 0 saturated carbocycles. The number of rotatable bonds is 5. The zero-order chi connectivity index (χ0) is 15.6. The predicted octanol–water partition coefficient (Wildman–Crippen LogP) is 3.28. The van der Waals surface area contributed by atoms with Crippen LogP contribution in [0, 0.1) is 5.82 Å². The first-order chi connectivity index (χ1) is 9.97. The molecule has 0 amide bonds. The Balaban J connectivity index is 2.31. The van der Waals surface area contributed by atoms with Crippen molar-refractivity contribution in [1.82, 2.24) is 15.2 Å². The lowest BCUT2D eigenvalue weighted by Crippen LogP contribution is -2.30. The maximum atomic E-state index is 13.7. The van der Waals surface area contributed by atoms with Crippen LogP contribution in [0.2, 0.25) is 5.02 Å². The highest BCUT2D eigenvalue weighted by Gasteiger charge is 2.19. The summed E-state index contributed by atoms with van der Waals surface area (Å²) in [6.45, 7) is 2.00. The van der Waals surface area contributed by atoms with Crippen molar-refractivity contribution in [1.29, 1.82) is 0 Å². The average molecular weight is 376 g/mol. The van der Waals surface area contributed by atoms with Gasteiger partial charge in [-0.3, -0.25) is 16.0 Å². The standard InChI is InChI=1S/C14H17BrClFN4/c1-3-11-14(16)13(21(2)20-11)7-12(19-18)8-4-5-9(15)10(17)6-8/h4-6,12,19H,3,7,18H2,1-2H3. The maximum absolute atomic E-state index is 13.7. The summed E-state index contributed by atoms with van der Waals surface area (Å²) >= 11 is 9.48. The van der Waals surface area contributed by atoms with Gasteiger partial charge in [0.1, 0.15) is 5.82 Å². The summed E-state index contributed by atoms with van der Waals surface area (Å²) in [5.41, 5.74) is 5.20. The van der Waals surface area contributed by atoms with Gasteiger partial charge in [0, 0.05) is 13.5 Å². The van der Waals surface area contributed by atoms with Crippen molar-refractivity contribution in [3.8, 4) is 0 Å². The molecular formula is C14H17BrClFN4. The number of hydrogen-bond acceptors (Lipinski definition) is 3. The Kier molecular flexibility index (Phi) is 5.37. The zero-order valence-corrected chi connectivity index (χ0v) is 14.2. The maximum Gasteiger partial charge on any atom is 0.137 e. The minimum absolute atomic E-state index is 0.245. The molecule has 114 valence electrons. The van der Waals surface area contributed by atoms with Gasteiger partial charge < -0.3 is 0 Å². The molecule has 3 N–H and O–H groups in total. The Hall–Kier alpha value is -0.950. The Labute approximate surface area is 136 Å². The van der Waals surface area contributed by atoms with Crippen LogP contribution < -0.4 is 11.3 Å². The molecule has 0 bridgehead atoms. The van der Waals surface area contributed by atoms with E-state index in [2.05, 4.69) is 26.5 Å². The van der Waals surface area contributed by atoms with Gasteiger partial charge >= 0.3 is 0 Å². The van der Waals surface area contributed by atoms with Crippen molar-refractivity contribution in [2.45, 2.75) is 25.8 Å². The Morgan fingerprint density at radius 1 is 1.52 bits per heavy atom. The first-order valence-corrected chi connectivity index (χ1v) is 7.76. The summed E-state index contributed by atoms with van der Waals surface area (Å²) in [4.78, 5) is 0. The van der Waals surface area contributed by atoms with E-state index >= 15 is 0 Å². The van der Waals surface area contributed by atoms with Gasteiger partial charge in [0.2, 0.25) is 0 Å². The van der Waals surface area contributed by atoms with E-state index in [1.54, 1.807) is 10.7 Å². The van der Waals surface area contributed by atoms with Gasteiger partial charge in [0.05, 0.1) is 26.9 Å². The van der Waals surface area contributed by atoms with Gasteiger partial charge in [-0.15, -0.1) is 0 Å². The lowest BCUT2D eigenvalue weighted by atomic mass is 10.0. The minimum atomic E-state index is -0.321. The summed E-state index contributed by atoms with van der Waals surface area (Å²) in [7, 11) is 1.84. The Bertz CT molecular complexity index is 644. The molecule has 4 nitrogen and oxygen atoms in total. The quantitative estimate of drug-likeness (QED) is 0.623. The normalized spacial score (nSPS) is 12.7. The fourth-order valence-corrected chi connectivity index (χ4v) is 2.85. The summed E-state index contributed by atoms with van der Waals surface area (Å²) < 4.78 is 15.8. The van der Waals surface area contributed by atoms with Crippen molar-refractivity contribution in [3.05, 3.63) is 50.5 Å². The molecule has 1 unspecified atom stereocenters. The van der Waals surface area contributed by atoms with Crippen molar-refractivity contribution in [3.63, 3.8) is 0 Å². The highest BCUT2D eigenvalue weighted by atomic mass is 79.9. The molecule has 0 fully saturated rings. The zero-order valence-electron chi connectivity index (χ0n) is 11.8. The fourth-order valence-electron chi connectivity index (χ4n) is 2.24. The van der Waals surface area contributed by atoms with E-state index in [9.17, 15) is 4.39 Å². The van der Waals surface area contributed by atoms with E-state index < -0.39 is 0 Å². The molecule has 1 heterocycles. The van der Waals surface area contributed by atoms with E-state index in [4.69, 9.17) is 17.4 Å². The monoisotopic (exact) mass is 374 g/mol. The second-order valence-electron chi connectivity index (χ2n) is 4.78. The fraction of sp³-hybridized carbons (Fsp3) is 0.357. The summed E-state index contributed by atoms with van der Waals surface area (Å²) in [6.07, 6.45) is 1.29. The highest BCUT2D eigenvalue weighted by Crippen LogP contribution is 2.27. The number of hydrazine groups is 1. The molecule has 0 aliphatic carbocycles. The lowest BCUT2D eigenvalue weighted by molar-refractivity contribution is 0.524. The van der Waals surface area contributed by atoms with Crippen LogP contribution in [-0.2, 0) is 19.9 Å². The van der Waals surface area contributed by atoms with Crippen LogP contribution in [0.1, 0.15) is 29.9 Å². The highest BCUT2D eigenvalue weighted by molar-refractivity contribution is 9.10. The number of aromatic nitrogens is 2. The molecule has 0 spiro atoms. The molecule has 2 rings (SSSR count). The van der Waals surface area contributed by atoms with E-state index in [0.29, 0.717) is 15.9 Å². The van der Waals surface area contributed by atoms with Gasteiger partial charge in [-0.1, -0.05) is 24.6 Å². The van der Waals surface area contributed by atoms with Crippen molar-refractivity contribution < 1.29 is 4.39 Å². The number of nitrogens with one attached hydrogen (secondary N) is 1. The van der Waals surface area contributed by atoms with Crippen LogP contribution >= 0.6 is 27.5 Å². The van der Waals surface area contributed by atoms with Crippen molar-refractivity contribution in [2.24, 2.45) is 12.9 Å². The van der Waals surface area contributed by atoms with Gasteiger partial charge in [-0.05, 0) is 40.0 Å². The molecule has 1 aromatic carbocycles. The molecule has 7 heteroatoms. The average Bonchev–Trinajstić information content (AvgIpc) is 2.74. The number of nitrogens with zero attached hydrogens (tertiary/aromatic N) is 2. The summed E-state index contributed by atoms with van der Waals surface area (Å²) in [5.74, 6) is 5.30. The topological polar surface area (TPSA) is 55.9 Å². The Morgan fingerprint density at radius 2 is 2.24 bits per heavy atom. The van der Waals surface area contributed by atoms with Crippen LogP contribution in [0.3, 0.4) is 0 Å². The second-order valence-corrected chi connectivity index (χ2v) is 6.01. The number of aryl methyl sites for hydroxylation is 2. The minimum Gasteiger partial charge on any atom is -0.271 e. The molecule has 0 saturated heterocycles. The predicted molar refractivity (Wildman–Crippen MR) is 85.5 cm³/mol. The third-order valence-electron chi connectivity index (χ3n) is 3.45. The van der Waals surface area contributed by atoms with E-state index in [0.717, 1.165) is 23.4 Å². The summed E-state index contributed by atoms with van der Waals surface area (Å²) in [5, 5.41) is 5.03. The first kappa shape index (κ1) is 16.4. The van der Waals surface area contributed by atoms with Crippen LogP contribution in [0.25, 0.3) is 0 Å². The van der Waals surface area contributed by atoms with Crippen LogP contribution in [0.4, 0.5) is 4.39 Å². The van der Waals surface area contributed by atoms with Gasteiger partial charge in [0.25, 0.3) is 0 Å². The molecule has 1 atom stereocenters. The third kappa shape index (κ3) is 3.45. The third-order valence-corrected chi connectivity index (χ3v) is 4.53. The molecular weight excluding hydrogens is 359 g/mol. The SMILES string of the molecule is CCc1nn(C)c(CC(NN)c2ccc(Br)c(F)c2)c1Cl.